The molecular formula is C11H17BrN2. The van der Waals surface area contributed by atoms with Gasteiger partial charge in [-0.3, -0.25) is 0 Å². The lowest BCUT2D eigenvalue weighted by Crippen LogP contribution is -2.05. The van der Waals surface area contributed by atoms with Crippen molar-refractivity contribution in [1.82, 2.24) is 0 Å². The summed E-state index contributed by atoms with van der Waals surface area (Å²) in [6.07, 6.45) is 2.20. The average Bonchev–Trinajstić information content (AvgIpc) is 2.15. The minimum Gasteiger partial charge on any atom is -0.384 e. The van der Waals surface area contributed by atoms with E-state index in [1.807, 2.05) is 0 Å². The molecule has 0 aliphatic rings. The molecule has 3 heteroatoms. The summed E-state index contributed by atoms with van der Waals surface area (Å²) in [7, 11) is 0. The molecule has 1 rings (SSSR count). The van der Waals surface area contributed by atoms with Gasteiger partial charge in [0.25, 0.3) is 0 Å². The first-order valence-corrected chi connectivity index (χ1v) is 5.73. The van der Waals surface area contributed by atoms with Crippen molar-refractivity contribution in [1.29, 1.82) is 0 Å². The van der Waals surface area contributed by atoms with Gasteiger partial charge in [-0.25, -0.2) is 0 Å². The van der Waals surface area contributed by atoms with E-state index in [2.05, 4.69) is 46.4 Å². The molecular weight excluding hydrogens is 240 g/mol. The second kappa shape index (κ2) is 6.04. The third kappa shape index (κ3) is 3.68. The number of unbranched alkanes of at least 4 members (excludes halogenated alkanes) is 1. The second-order valence-corrected chi connectivity index (χ2v) is 4.26. The van der Waals surface area contributed by atoms with Gasteiger partial charge in [-0.15, -0.1) is 0 Å². The Labute approximate surface area is 94.0 Å². The molecule has 0 aliphatic heterocycles. The van der Waals surface area contributed by atoms with Crippen molar-refractivity contribution in [2.45, 2.75) is 19.8 Å². The number of hydrogen-bond donors (Lipinski definition) is 2. The Morgan fingerprint density at radius 1 is 1.36 bits per heavy atom. The van der Waals surface area contributed by atoms with E-state index in [1.54, 1.807) is 0 Å². The highest BCUT2D eigenvalue weighted by Gasteiger charge is 1.97. The van der Waals surface area contributed by atoms with Gasteiger partial charge < -0.3 is 11.1 Å². The summed E-state index contributed by atoms with van der Waals surface area (Å²) in [4.78, 5) is 0. The average molecular weight is 257 g/mol. The van der Waals surface area contributed by atoms with E-state index < -0.39 is 0 Å². The SMILES string of the molecule is Cc1ccc(NCCCCN)c(Br)c1. The minimum absolute atomic E-state index is 0.775. The van der Waals surface area contributed by atoms with Crippen LogP contribution in [0, 0.1) is 6.92 Å². The van der Waals surface area contributed by atoms with Crippen LogP contribution in [-0.2, 0) is 0 Å². The van der Waals surface area contributed by atoms with Crippen LogP contribution in [0.4, 0.5) is 5.69 Å². The number of aryl methyl sites for hydroxylation is 1. The molecule has 0 heterocycles. The van der Waals surface area contributed by atoms with Crippen LogP contribution < -0.4 is 11.1 Å². The third-order valence-electron chi connectivity index (χ3n) is 2.07. The molecule has 1 aromatic rings. The molecule has 3 N–H and O–H groups in total. The molecule has 2 nitrogen and oxygen atoms in total. The molecule has 0 amide bonds. The van der Waals surface area contributed by atoms with Crippen LogP contribution >= 0.6 is 15.9 Å². The molecule has 0 aliphatic carbocycles. The fraction of sp³-hybridized carbons (Fsp3) is 0.455. The summed E-state index contributed by atoms with van der Waals surface area (Å²) in [5, 5.41) is 3.37. The highest BCUT2D eigenvalue weighted by atomic mass is 79.9. The molecule has 0 atom stereocenters. The molecule has 0 bridgehead atoms. The van der Waals surface area contributed by atoms with Gasteiger partial charge in [0.1, 0.15) is 0 Å². The lowest BCUT2D eigenvalue weighted by molar-refractivity contribution is 0.774. The summed E-state index contributed by atoms with van der Waals surface area (Å²) in [6, 6.07) is 6.32. The van der Waals surface area contributed by atoms with Crippen LogP contribution in [0.3, 0.4) is 0 Å². The quantitative estimate of drug-likeness (QED) is 0.796. The molecule has 78 valence electrons. The largest absolute Gasteiger partial charge is 0.384 e. The van der Waals surface area contributed by atoms with E-state index in [0.29, 0.717) is 0 Å². The van der Waals surface area contributed by atoms with Crippen LogP contribution in [0.5, 0.6) is 0 Å². The summed E-state index contributed by atoms with van der Waals surface area (Å²) in [5.74, 6) is 0. The van der Waals surface area contributed by atoms with Crippen LogP contribution in [0.2, 0.25) is 0 Å². The first-order chi connectivity index (χ1) is 6.74. The van der Waals surface area contributed by atoms with E-state index in [9.17, 15) is 0 Å². The number of benzene rings is 1. The van der Waals surface area contributed by atoms with E-state index in [4.69, 9.17) is 5.73 Å². The van der Waals surface area contributed by atoms with Crippen LogP contribution in [0.25, 0.3) is 0 Å². The molecule has 0 saturated carbocycles. The Hall–Kier alpha value is -0.540. The van der Waals surface area contributed by atoms with Crippen molar-refractivity contribution in [3.8, 4) is 0 Å². The maximum atomic E-state index is 5.42. The number of anilines is 1. The number of nitrogens with two attached hydrogens (primary N) is 1. The summed E-state index contributed by atoms with van der Waals surface area (Å²) < 4.78 is 1.13. The van der Waals surface area contributed by atoms with Gasteiger partial charge in [-0.1, -0.05) is 6.07 Å². The molecule has 1 aromatic carbocycles. The van der Waals surface area contributed by atoms with E-state index in [-0.39, 0.29) is 0 Å². The second-order valence-electron chi connectivity index (χ2n) is 3.41. The first-order valence-electron chi connectivity index (χ1n) is 4.94. The van der Waals surface area contributed by atoms with Crippen LogP contribution in [-0.4, -0.2) is 13.1 Å². The number of rotatable bonds is 5. The van der Waals surface area contributed by atoms with Crippen molar-refractivity contribution in [3.05, 3.63) is 28.2 Å². The smallest absolute Gasteiger partial charge is 0.0484 e. The minimum atomic E-state index is 0.775. The predicted molar refractivity (Wildman–Crippen MR) is 65.7 cm³/mol. The monoisotopic (exact) mass is 256 g/mol. The molecule has 0 spiro atoms. The van der Waals surface area contributed by atoms with E-state index in [0.717, 1.165) is 36.1 Å². The fourth-order valence-corrected chi connectivity index (χ4v) is 1.89. The zero-order chi connectivity index (χ0) is 10.4. The van der Waals surface area contributed by atoms with Crippen molar-refractivity contribution in [2.75, 3.05) is 18.4 Å². The van der Waals surface area contributed by atoms with Crippen molar-refractivity contribution in [2.24, 2.45) is 5.73 Å². The van der Waals surface area contributed by atoms with Gasteiger partial charge in [0, 0.05) is 16.7 Å². The van der Waals surface area contributed by atoms with Gasteiger partial charge in [0.2, 0.25) is 0 Å². The Bertz CT molecular complexity index is 287. The molecule has 0 fully saturated rings. The van der Waals surface area contributed by atoms with Gasteiger partial charge in [-0.2, -0.15) is 0 Å². The summed E-state index contributed by atoms with van der Waals surface area (Å²) in [6.45, 7) is 3.85. The van der Waals surface area contributed by atoms with Crippen molar-refractivity contribution in [3.63, 3.8) is 0 Å². The highest BCUT2D eigenvalue weighted by Crippen LogP contribution is 2.23. The number of hydrogen-bond acceptors (Lipinski definition) is 2. The van der Waals surface area contributed by atoms with E-state index in [1.165, 1.54) is 5.56 Å². The first kappa shape index (κ1) is 11.5. The lowest BCUT2D eigenvalue weighted by Gasteiger charge is -2.08. The number of nitrogens with one attached hydrogen (secondary N) is 1. The normalized spacial score (nSPS) is 10.2. The van der Waals surface area contributed by atoms with Gasteiger partial charge in [-0.05, 0) is 59.9 Å². The zero-order valence-electron chi connectivity index (χ0n) is 8.52. The van der Waals surface area contributed by atoms with Gasteiger partial charge >= 0.3 is 0 Å². The highest BCUT2D eigenvalue weighted by molar-refractivity contribution is 9.10. The van der Waals surface area contributed by atoms with Gasteiger partial charge in [0.05, 0.1) is 0 Å². The van der Waals surface area contributed by atoms with Crippen molar-refractivity contribution >= 4 is 21.6 Å². The van der Waals surface area contributed by atoms with Crippen molar-refractivity contribution < 1.29 is 0 Å². The van der Waals surface area contributed by atoms with Crippen LogP contribution in [0.15, 0.2) is 22.7 Å². The van der Waals surface area contributed by atoms with Gasteiger partial charge in [0.15, 0.2) is 0 Å². The number of halogens is 1. The maximum Gasteiger partial charge on any atom is 0.0484 e. The maximum absolute atomic E-state index is 5.42. The van der Waals surface area contributed by atoms with E-state index >= 15 is 0 Å². The molecule has 0 aromatic heterocycles. The molecule has 0 saturated heterocycles. The molecule has 0 unspecified atom stereocenters. The Kier molecular flexibility index (Phi) is 4.98. The Morgan fingerprint density at radius 2 is 2.14 bits per heavy atom. The Morgan fingerprint density at radius 3 is 2.79 bits per heavy atom. The predicted octanol–water partition coefficient (Wildman–Crippen LogP) is 2.91. The fourth-order valence-electron chi connectivity index (χ4n) is 1.26. The topological polar surface area (TPSA) is 38.0 Å². The lowest BCUT2D eigenvalue weighted by atomic mass is 10.2. The zero-order valence-corrected chi connectivity index (χ0v) is 10.1. The van der Waals surface area contributed by atoms with Crippen LogP contribution in [0.1, 0.15) is 18.4 Å². The molecule has 14 heavy (non-hydrogen) atoms. The molecule has 0 radical (unpaired) electrons. The third-order valence-corrected chi connectivity index (χ3v) is 2.73. The standard InChI is InChI=1S/C11H17BrN2/c1-9-4-5-11(10(12)8-9)14-7-3-2-6-13/h4-5,8,14H,2-3,6-7,13H2,1H3. The summed E-state index contributed by atoms with van der Waals surface area (Å²) in [5.41, 5.74) is 7.85. The summed E-state index contributed by atoms with van der Waals surface area (Å²) >= 11 is 3.53. The Balaban J connectivity index is 2.42.